The molecule has 0 aliphatic heterocycles. The van der Waals surface area contributed by atoms with E-state index in [0.29, 0.717) is 34.6 Å². The number of carbonyl (C=O) groups is 1. The number of aromatic nitrogens is 1. The smallest absolute Gasteiger partial charge is 0.271 e. The molecule has 0 radical (unpaired) electrons. The monoisotopic (exact) mass is 468 g/mol. The average Bonchev–Trinajstić information content (AvgIpc) is 3.30. The molecule has 0 spiro atoms. The third kappa shape index (κ3) is 5.64. The van der Waals surface area contributed by atoms with E-state index >= 15 is 0 Å². The zero-order chi connectivity index (χ0) is 21.6. The molecular formula is C24H18Cl2N2O2S. The summed E-state index contributed by atoms with van der Waals surface area (Å²) in [7, 11) is 0. The van der Waals surface area contributed by atoms with Crippen molar-refractivity contribution in [1.29, 1.82) is 0 Å². The van der Waals surface area contributed by atoms with Crippen LogP contribution in [0.1, 0.15) is 21.6 Å². The number of hydrogen-bond donors (Lipinski definition) is 1. The summed E-state index contributed by atoms with van der Waals surface area (Å²) in [6, 6.07) is 22.8. The molecule has 1 N–H and O–H groups in total. The van der Waals surface area contributed by atoms with E-state index in [-0.39, 0.29) is 5.91 Å². The van der Waals surface area contributed by atoms with E-state index in [0.717, 1.165) is 21.7 Å². The van der Waals surface area contributed by atoms with Gasteiger partial charge in [0.2, 0.25) is 0 Å². The van der Waals surface area contributed by atoms with Gasteiger partial charge < -0.3 is 10.1 Å². The van der Waals surface area contributed by atoms with Gasteiger partial charge >= 0.3 is 0 Å². The number of carbonyl (C=O) groups excluding carboxylic acids is 1. The fourth-order valence-corrected chi connectivity index (χ4v) is 4.01. The molecular weight excluding hydrogens is 451 g/mol. The van der Waals surface area contributed by atoms with Crippen LogP contribution in [0.4, 0.5) is 0 Å². The van der Waals surface area contributed by atoms with Gasteiger partial charge in [0, 0.05) is 17.5 Å². The normalized spacial score (nSPS) is 10.6. The lowest BCUT2D eigenvalue weighted by atomic mass is 10.2. The minimum absolute atomic E-state index is 0.196. The Morgan fingerprint density at radius 3 is 2.58 bits per heavy atom. The van der Waals surface area contributed by atoms with E-state index in [2.05, 4.69) is 10.3 Å². The van der Waals surface area contributed by atoms with E-state index in [1.807, 2.05) is 60.7 Å². The maximum atomic E-state index is 12.4. The van der Waals surface area contributed by atoms with Crippen molar-refractivity contribution in [3.63, 3.8) is 0 Å². The lowest BCUT2D eigenvalue weighted by Gasteiger charge is -2.08. The first-order valence-corrected chi connectivity index (χ1v) is 11.2. The maximum Gasteiger partial charge on any atom is 0.271 e. The molecule has 7 heteroatoms. The van der Waals surface area contributed by atoms with Crippen LogP contribution in [0.15, 0.2) is 78.2 Å². The Balaban J connectivity index is 1.40. The molecule has 0 aliphatic carbocycles. The average molecular weight is 469 g/mol. The summed E-state index contributed by atoms with van der Waals surface area (Å²) in [5.41, 5.74) is 3.25. The molecule has 0 bridgehead atoms. The molecule has 4 aromatic rings. The molecule has 1 amide bonds. The lowest BCUT2D eigenvalue weighted by Crippen LogP contribution is -2.23. The summed E-state index contributed by atoms with van der Waals surface area (Å²) in [6.07, 6.45) is 0. The second kappa shape index (κ2) is 9.96. The molecule has 1 heterocycles. The van der Waals surface area contributed by atoms with Crippen molar-refractivity contribution in [3.05, 3.63) is 105 Å². The van der Waals surface area contributed by atoms with Crippen LogP contribution in [-0.2, 0) is 13.2 Å². The number of nitrogens with zero attached hydrogens (tertiary/aromatic N) is 1. The Kier molecular flexibility index (Phi) is 6.87. The van der Waals surface area contributed by atoms with Gasteiger partial charge in [-0.15, -0.1) is 11.3 Å². The zero-order valence-corrected chi connectivity index (χ0v) is 18.7. The Labute approximate surface area is 194 Å². The van der Waals surface area contributed by atoms with Crippen LogP contribution in [-0.4, -0.2) is 10.9 Å². The minimum Gasteiger partial charge on any atom is -0.489 e. The van der Waals surface area contributed by atoms with Crippen molar-refractivity contribution in [2.24, 2.45) is 0 Å². The first-order valence-electron chi connectivity index (χ1n) is 9.53. The van der Waals surface area contributed by atoms with Gasteiger partial charge in [-0.1, -0.05) is 71.7 Å². The predicted molar refractivity (Wildman–Crippen MR) is 126 cm³/mol. The Hall–Kier alpha value is -2.86. The first kappa shape index (κ1) is 21.4. The number of amides is 1. The zero-order valence-electron chi connectivity index (χ0n) is 16.3. The van der Waals surface area contributed by atoms with E-state index < -0.39 is 0 Å². The molecule has 4 rings (SSSR count). The highest BCUT2D eigenvalue weighted by molar-refractivity contribution is 7.13. The topological polar surface area (TPSA) is 51.2 Å². The fraction of sp³-hybridized carbons (Fsp3) is 0.0833. The first-order chi connectivity index (χ1) is 15.1. The van der Waals surface area contributed by atoms with Crippen molar-refractivity contribution in [1.82, 2.24) is 10.3 Å². The summed E-state index contributed by atoms with van der Waals surface area (Å²) < 4.78 is 5.89. The Morgan fingerprint density at radius 1 is 0.935 bits per heavy atom. The third-order valence-corrected chi connectivity index (χ3v) is 6.13. The number of hydrogen-bond acceptors (Lipinski definition) is 4. The number of thiazole rings is 1. The SMILES string of the molecule is O=C(NCc1ccccc1)c1csc(-c2cccc(OCc3ccc(Cl)c(Cl)c3)c2)n1. The highest BCUT2D eigenvalue weighted by Gasteiger charge is 2.12. The molecule has 0 saturated carbocycles. The van der Waals surface area contributed by atoms with Gasteiger partial charge in [0.05, 0.1) is 10.0 Å². The highest BCUT2D eigenvalue weighted by atomic mass is 35.5. The van der Waals surface area contributed by atoms with Crippen LogP contribution in [0.25, 0.3) is 10.6 Å². The number of rotatable bonds is 7. The minimum atomic E-state index is -0.196. The summed E-state index contributed by atoms with van der Waals surface area (Å²) >= 11 is 13.4. The summed E-state index contributed by atoms with van der Waals surface area (Å²) in [5.74, 6) is 0.507. The van der Waals surface area contributed by atoms with Crippen molar-refractivity contribution in [2.75, 3.05) is 0 Å². The molecule has 0 atom stereocenters. The lowest BCUT2D eigenvalue weighted by molar-refractivity contribution is 0.0946. The van der Waals surface area contributed by atoms with E-state index in [4.69, 9.17) is 27.9 Å². The molecule has 1 aromatic heterocycles. The number of halogens is 2. The standard InChI is InChI=1S/C24H18Cl2N2O2S/c25-20-10-9-17(11-21(20)26)14-30-19-8-4-7-18(12-19)24-28-22(15-31-24)23(29)27-13-16-5-2-1-3-6-16/h1-12,15H,13-14H2,(H,27,29). The number of ether oxygens (including phenoxy) is 1. The van der Waals surface area contributed by atoms with Crippen molar-refractivity contribution >= 4 is 40.4 Å². The van der Waals surface area contributed by atoms with Crippen LogP contribution in [0.2, 0.25) is 10.0 Å². The van der Waals surface area contributed by atoms with Crippen LogP contribution < -0.4 is 10.1 Å². The molecule has 156 valence electrons. The highest BCUT2D eigenvalue weighted by Crippen LogP contribution is 2.28. The van der Waals surface area contributed by atoms with Gasteiger partial charge in [-0.05, 0) is 35.4 Å². The Bertz CT molecular complexity index is 1200. The van der Waals surface area contributed by atoms with Gasteiger partial charge in [0.1, 0.15) is 23.1 Å². The van der Waals surface area contributed by atoms with Crippen molar-refractivity contribution < 1.29 is 9.53 Å². The molecule has 0 unspecified atom stereocenters. The van der Waals surface area contributed by atoms with Crippen molar-refractivity contribution in [2.45, 2.75) is 13.2 Å². The van der Waals surface area contributed by atoms with E-state index in [1.54, 1.807) is 17.5 Å². The molecule has 3 aromatic carbocycles. The molecule has 0 aliphatic rings. The van der Waals surface area contributed by atoms with Crippen LogP contribution >= 0.6 is 34.5 Å². The maximum absolute atomic E-state index is 12.4. The fourth-order valence-electron chi connectivity index (χ4n) is 2.89. The van der Waals surface area contributed by atoms with Crippen LogP contribution in [0.5, 0.6) is 5.75 Å². The molecule has 4 nitrogen and oxygen atoms in total. The second-order valence-corrected chi connectivity index (χ2v) is 8.44. The van der Waals surface area contributed by atoms with Gasteiger partial charge in [-0.3, -0.25) is 4.79 Å². The largest absolute Gasteiger partial charge is 0.489 e. The van der Waals surface area contributed by atoms with Crippen LogP contribution in [0, 0.1) is 0 Å². The summed E-state index contributed by atoms with van der Waals surface area (Å²) in [4.78, 5) is 16.9. The van der Waals surface area contributed by atoms with Gasteiger partial charge in [-0.2, -0.15) is 0 Å². The van der Waals surface area contributed by atoms with E-state index in [9.17, 15) is 4.79 Å². The quantitative estimate of drug-likeness (QED) is 0.331. The van der Waals surface area contributed by atoms with Gasteiger partial charge in [0.25, 0.3) is 5.91 Å². The number of nitrogens with one attached hydrogen (secondary N) is 1. The van der Waals surface area contributed by atoms with Crippen molar-refractivity contribution in [3.8, 4) is 16.3 Å². The molecule has 31 heavy (non-hydrogen) atoms. The van der Waals surface area contributed by atoms with Gasteiger partial charge in [-0.25, -0.2) is 4.98 Å². The third-order valence-electron chi connectivity index (χ3n) is 4.50. The molecule has 0 fully saturated rings. The Morgan fingerprint density at radius 2 is 1.77 bits per heavy atom. The predicted octanol–water partition coefficient (Wildman–Crippen LogP) is 6.63. The second-order valence-electron chi connectivity index (χ2n) is 6.77. The number of benzene rings is 3. The molecule has 0 saturated heterocycles. The summed E-state index contributed by atoms with van der Waals surface area (Å²) in [5, 5.41) is 6.43. The van der Waals surface area contributed by atoms with Crippen LogP contribution in [0.3, 0.4) is 0 Å². The summed E-state index contributed by atoms with van der Waals surface area (Å²) in [6.45, 7) is 0.829. The van der Waals surface area contributed by atoms with E-state index in [1.165, 1.54) is 11.3 Å². The van der Waals surface area contributed by atoms with Gasteiger partial charge in [0.15, 0.2) is 0 Å².